The SMILES string of the molecule is O=C1C(c2ccco2)=C[C@@H]2[C@H]1[C@@H]1C=C[C@H]2C1. The fraction of sp³-hybridized carbons (Fsp3) is 0.357. The van der Waals surface area contributed by atoms with Crippen molar-refractivity contribution in [1.82, 2.24) is 0 Å². The van der Waals surface area contributed by atoms with Gasteiger partial charge in [0.05, 0.1) is 11.8 Å². The van der Waals surface area contributed by atoms with Crippen LogP contribution in [0.15, 0.2) is 41.0 Å². The highest BCUT2D eigenvalue weighted by molar-refractivity contribution is 6.23. The van der Waals surface area contributed by atoms with Crippen LogP contribution in [0.5, 0.6) is 0 Å². The first kappa shape index (κ1) is 8.57. The molecule has 1 heterocycles. The molecule has 16 heavy (non-hydrogen) atoms. The molecule has 0 radical (unpaired) electrons. The monoisotopic (exact) mass is 212 g/mol. The van der Waals surface area contributed by atoms with Gasteiger partial charge < -0.3 is 4.42 Å². The Morgan fingerprint density at radius 2 is 2.12 bits per heavy atom. The zero-order chi connectivity index (χ0) is 10.7. The van der Waals surface area contributed by atoms with E-state index in [0.29, 0.717) is 17.8 Å². The van der Waals surface area contributed by atoms with Crippen molar-refractivity contribution in [2.75, 3.05) is 0 Å². The fourth-order valence-electron chi connectivity index (χ4n) is 3.55. The molecule has 1 aromatic rings. The number of hydrogen-bond donors (Lipinski definition) is 0. The van der Waals surface area contributed by atoms with E-state index in [0.717, 1.165) is 11.3 Å². The van der Waals surface area contributed by atoms with E-state index in [9.17, 15) is 4.79 Å². The van der Waals surface area contributed by atoms with E-state index in [-0.39, 0.29) is 11.7 Å². The molecule has 4 rings (SSSR count). The normalized spacial score (nSPS) is 39.2. The number of allylic oxidation sites excluding steroid dienone is 4. The average Bonchev–Trinajstić information content (AvgIpc) is 2.97. The number of rotatable bonds is 1. The first-order chi connectivity index (χ1) is 7.84. The van der Waals surface area contributed by atoms with E-state index < -0.39 is 0 Å². The fourth-order valence-corrected chi connectivity index (χ4v) is 3.55. The minimum Gasteiger partial charge on any atom is -0.464 e. The summed E-state index contributed by atoms with van der Waals surface area (Å²) in [5.74, 6) is 2.73. The largest absolute Gasteiger partial charge is 0.464 e. The lowest BCUT2D eigenvalue weighted by atomic mass is 9.85. The number of carbonyl (C=O) groups is 1. The van der Waals surface area contributed by atoms with Crippen molar-refractivity contribution in [3.63, 3.8) is 0 Å². The van der Waals surface area contributed by atoms with Crippen molar-refractivity contribution < 1.29 is 9.21 Å². The molecule has 2 bridgehead atoms. The van der Waals surface area contributed by atoms with Crippen LogP contribution in [0, 0.1) is 23.7 Å². The van der Waals surface area contributed by atoms with Crippen molar-refractivity contribution in [2.45, 2.75) is 6.42 Å². The maximum absolute atomic E-state index is 12.3. The second-order valence-corrected chi connectivity index (χ2v) is 4.97. The molecule has 0 aliphatic heterocycles. The molecule has 0 amide bonds. The molecule has 1 fully saturated rings. The van der Waals surface area contributed by atoms with Crippen LogP contribution in [0.2, 0.25) is 0 Å². The molecule has 1 saturated carbocycles. The summed E-state index contributed by atoms with van der Waals surface area (Å²) < 4.78 is 5.33. The molecule has 0 spiro atoms. The second-order valence-electron chi connectivity index (χ2n) is 4.97. The van der Waals surface area contributed by atoms with Gasteiger partial charge in [-0.05, 0) is 36.3 Å². The van der Waals surface area contributed by atoms with Gasteiger partial charge in [-0.15, -0.1) is 0 Å². The zero-order valence-corrected chi connectivity index (χ0v) is 8.80. The molecule has 4 atom stereocenters. The van der Waals surface area contributed by atoms with Gasteiger partial charge in [0.1, 0.15) is 5.76 Å². The molecule has 80 valence electrons. The molecule has 2 nitrogen and oxygen atoms in total. The molecule has 3 aliphatic carbocycles. The zero-order valence-electron chi connectivity index (χ0n) is 8.80. The van der Waals surface area contributed by atoms with Gasteiger partial charge in [0.2, 0.25) is 0 Å². The first-order valence-corrected chi connectivity index (χ1v) is 5.83. The van der Waals surface area contributed by atoms with Gasteiger partial charge in [-0.2, -0.15) is 0 Å². The Labute approximate surface area is 93.6 Å². The Hall–Kier alpha value is -1.57. The van der Waals surface area contributed by atoms with Crippen LogP contribution in [0.4, 0.5) is 0 Å². The Bertz CT molecular complexity index is 507. The standard InChI is InChI=1S/C14H12O2/c15-14-11(12-2-1-5-16-12)7-10-8-3-4-9(6-8)13(10)14/h1-5,7-10,13H,6H2/t8-,9+,10-,13+/m0/s1. The minimum absolute atomic E-state index is 0.204. The maximum Gasteiger partial charge on any atom is 0.170 e. The lowest BCUT2D eigenvalue weighted by Gasteiger charge is -2.17. The highest BCUT2D eigenvalue weighted by atomic mass is 16.3. The Morgan fingerprint density at radius 1 is 1.25 bits per heavy atom. The molecule has 0 aromatic carbocycles. The van der Waals surface area contributed by atoms with Gasteiger partial charge in [0.15, 0.2) is 5.78 Å². The lowest BCUT2D eigenvalue weighted by molar-refractivity contribution is -0.118. The average molecular weight is 212 g/mol. The molecule has 0 N–H and O–H groups in total. The molecule has 1 aromatic heterocycles. The third-order valence-electron chi connectivity index (χ3n) is 4.23. The Balaban J connectivity index is 1.78. The van der Waals surface area contributed by atoms with Crippen LogP contribution in [0.3, 0.4) is 0 Å². The summed E-state index contributed by atoms with van der Waals surface area (Å²) in [6, 6.07) is 3.71. The minimum atomic E-state index is 0.204. The van der Waals surface area contributed by atoms with Crippen LogP contribution in [-0.2, 0) is 4.79 Å². The van der Waals surface area contributed by atoms with Crippen LogP contribution in [0.25, 0.3) is 5.57 Å². The van der Waals surface area contributed by atoms with E-state index in [1.807, 2.05) is 12.1 Å². The summed E-state index contributed by atoms with van der Waals surface area (Å²) in [4.78, 5) is 12.3. The van der Waals surface area contributed by atoms with Gasteiger partial charge in [0, 0.05) is 5.92 Å². The van der Waals surface area contributed by atoms with Gasteiger partial charge in [-0.25, -0.2) is 0 Å². The van der Waals surface area contributed by atoms with Crippen molar-refractivity contribution >= 4 is 11.4 Å². The highest BCUT2D eigenvalue weighted by Gasteiger charge is 2.51. The number of carbonyl (C=O) groups excluding carboxylic acids is 1. The number of ketones is 1. The van der Waals surface area contributed by atoms with E-state index in [2.05, 4.69) is 18.2 Å². The van der Waals surface area contributed by atoms with Crippen LogP contribution in [-0.4, -0.2) is 5.78 Å². The predicted octanol–water partition coefficient (Wildman–Crippen LogP) is 2.68. The van der Waals surface area contributed by atoms with Crippen molar-refractivity contribution in [1.29, 1.82) is 0 Å². The quantitative estimate of drug-likeness (QED) is 0.670. The first-order valence-electron chi connectivity index (χ1n) is 5.83. The Morgan fingerprint density at radius 3 is 2.88 bits per heavy atom. The summed E-state index contributed by atoms with van der Waals surface area (Å²) in [6.45, 7) is 0. The Kier molecular flexibility index (Phi) is 1.48. The molecular weight excluding hydrogens is 200 g/mol. The van der Waals surface area contributed by atoms with Gasteiger partial charge in [-0.1, -0.05) is 18.2 Å². The van der Waals surface area contributed by atoms with E-state index in [1.54, 1.807) is 6.26 Å². The van der Waals surface area contributed by atoms with Gasteiger partial charge in [-0.3, -0.25) is 4.79 Å². The summed E-state index contributed by atoms with van der Waals surface area (Å²) in [5, 5.41) is 0. The summed E-state index contributed by atoms with van der Waals surface area (Å²) in [5.41, 5.74) is 0.804. The molecule has 0 unspecified atom stereocenters. The van der Waals surface area contributed by atoms with Crippen molar-refractivity contribution in [3.8, 4) is 0 Å². The summed E-state index contributed by atoms with van der Waals surface area (Å²) >= 11 is 0. The van der Waals surface area contributed by atoms with Crippen molar-refractivity contribution in [3.05, 3.63) is 42.4 Å². The molecular formula is C14H12O2. The second kappa shape index (κ2) is 2.76. The number of fused-ring (bicyclic) bond motifs is 5. The maximum atomic E-state index is 12.3. The highest BCUT2D eigenvalue weighted by Crippen LogP contribution is 2.54. The van der Waals surface area contributed by atoms with Crippen LogP contribution >= 0.6 is 0 Å². The number of Topliss-reactive ketones (excluding diaryl/α,β-unsaturated/α-hetero) is 1. The molecule has 0 saturated heterocycles. The van der Waals surface area contributed by atoms with Crippen LogP contribution < -0.4 is 0 Å². The smallest absolute Gasteiger partial charge is 0.170 e. The van der Waals surface area contributed by atoms with Crippen molar-refractivity contribution in [2.24, 2.45) is 23.7 Å². The lowest BCUT2D eigenvalue weighted by Crippen LogP contribution is -2.20. The van der Waals surface area contributed by atoms with Gasteiger partial charge in [0.25, 0.3) is 0 Å². The molecule has 3 aliphatic rings. The topological polar surface area (TPSA) is 30.2 Å². The van der Waals surface area contributed by atoms with E-state index >= 15 is 0 Å². The van der Waals surface area contributed by atoms with E-state index in [1.165, 1.54) is 6.42 Å². The third-order valence-corrected chi connectivity index (χ3v) is 4.23. The molecule has 2 heteroatoms. The number of hydrogen-bond acceptors (Lipinski definition) is 2. The van der Waals surface area contributed by atoms with Gasteiger partial charge >= 0.3 is 0 Å². The van der Waals surface area contributed by atoms with Crippen LogP contribution in [0.1, 0.15) is 12.2 Å². The predicted molar refractivity (Wildman–Crippen MR) is 59.4 cm³/mol. The third kappa shape index (κ3) is 0.902. The van der Waals surface area contributed by atoms with E-state index in [4.69, 9.17) is 4.42 Å². The number of furan rings is 1. The summed E-state index contributed by atoms with van der Waals surface area (Å²) in [7, 11) is 0. The summed E-state index contributed by atoms with van der Waals surface area (Å²) in [6.07, 6.45) is 9.44.